The first-order valence-electron chi connectivity index (χ1n) is 7.22. The van der Waals surface area contributed by atoms with Crippen LogP contribution in [-0.4, -0.2) is 37.6 Å². The highest BCUT2D eigenvalue weighted by molar-refractivity contribution is 7.86. The van der Waals surface area contributed by atoms with Gasteiger partial charge in [-0.15, -0.1) is 0 Å². The summed E-state index contributed by atoms with van der Waals surface area (Å²) in [4.78, 5) is 23.3. The van der Waals surface area contributed by atoms with Crippen LogP contribution >= 0.6 is 0 Å². The molecule has 0 aliphatic carbocycles. The Bertz CT molecular complexity index is 696. The third kappa shape index (κ3) is 5.02. The number of hydrogen-bond acceptors (Lipinski definition) is 4. The fourth-order valence-corrected chi connectivity index (χ4v) is 3.21. The lowest BCUT2D eigenvalue weighted by Gasteiger charge is -2.29. The predicted octanol–water partition coefficient (Wildman–Crippen LogP) is 0.499. The molecule has 0 atom stereocenters. The molecule has 1 saturated heterocycles. The van der Waals surface area contributed by atoms with Gasteiger partial charge >= 0.3 is 0 Å². The first-order chi connectivity index (χ1) is 10.8. The lowest BCUT2D eigenvalue weighted by atomic mass is 9.97. The SMILES string of the molecule is CC(=O)Nc1cccc(NC(=O)C2CCN(S(N)(=O)=O)CC2)c1. The molecule has 2 rings (SSSR count). The van der Waals surface area contributed by atoms with Crippen molar-refractivity contribution in [3.8, 4) is 0 Å². The summed E-state index contributed by atoms with van der Waals surface area (Å²) in [6.45, 7) is 1.89. The molecule has 1 aliphatic rings. The number of rotatable bonds is 4. The predicted molar refractivity (Wildman–Crippen MR) is 86.8 cm³/mol. The van der Waals surface area contributed by atoms with Gasteiger partial charge in [0, 0.05) is 37.3 Å². The van der Waals surface area contributed by atoms with Crippen LogP contribution in [0.5, 0.6) is 0 Å². The summed E-state index contributed by atoms with van der Waals surface area (Å²) in [5.41, 5.74) is 1.18. The molecular weight excluding hydrogens is 320 g/mol. The Morgan fingerprint density at radius 3 is 2.26 bits per heavy atom. The summed E-state index contributed by atoms with van der Waals surface area (Å²) >= 11 is 0. The minimum absolute atomic E-state index is 0.168. The second-order valence-corrected chi connectivity index (χ2v) is 7.02. The van der Waals surface area contributed by atoms with Gasteiger partial charge in [0.1, 0.15) is 0 Å². The molecule has 1 fully saturated rings. The number of carbonyl (C=O) groups excluding carboxylic acids is 2. The lowest BCUT2D eigenvalue weighted by molar-refractivity contribution is -0.121. The summed E-state index contributed by atoms with van der Waals surface area (Å²) in [6, 6.07) is 6.84. The molecule has 1 aromatic rings. The molecule has 23 heavy (non-hydrogen) atoms. The van der Waals surface area contributed by atoms with Crippen molar-refractivity contribution in [2.75, 3.05) is 23.7 Å². The monoisotopic (exact) mass is 340 g/mol. The molecule has 1 aromatic carbocycles. The summed E-state index contributed by atoms with van der Waals surface area (Å²) in [5.74, 6) is -0.625. The molecule has 1 heterocycles. The molecule has 8 nitrogen and oxygen atoms in total. The normalized spacial score (nSPS) is 16.8. The zero-order chi connectivity index (χ0) is 17.0. The maximum absolute atomic E-state index is 12.3. The number of nitrogens with two attached hydrogens (primary N) is 1. The minimum atomic E-state index is -3.69. The average molecular weight is 340 g/mol. The van der Waals surface area contributed by atoms with Crippen LogP contribution < -0.4 is 15.8 Å². The molecule has 0 radical (unpaired) electrons. The van der Waals surface area contributed by atoms with Crippen molar-refractivity contribution in [1.29, 1.82) is 0 Å². The highest BCUT2D eigenvalue weighted by atomic mass is 32.2. The maximum atomic E-state index is 12.3. The van der Waals surface area contributed by atoms with Crippen LogP contribution in [0.15, 0.2) is 24.3 Å². The second kappa shape index (κ2) is 7.07. The van der Waals surface area contributed by atoms with Crippen LogP contribution in [0, 0.1) is 5.92 Å². The van der Waals surface area contributed by atoms with Crippen LogP contribution in [0.2, 0.25) is 0 Å². The number of nitrogens with zero attached hydrogens (tertiary/aromatic N) is 1. The summed E-state index contributed by atoms with van der Waals surface area (Å²) in [7, 11) is -3.69. The first kappa shape index (κ1) is 17.4. The van der Waals surface area contributed by atoms with E-state index in [9.17, 15) is 18.0 Å². The average Bonchev–Trinajstić information content (AvgIpc) is 2.46. The van der Waals surface area contributed by atoms with E-state index >= 15 is 0 Å². The van der Waals surface area contributed by atoms with E-state index < -0.39 is 10.2 Å². The van der Waals surface area contributed by atoms with Gasteiger partial charge in [0.15, 0.2) is 0 Å². The molecule has 0 bridgehead atoms. The number of hydrogen-bond donors (Lipinski definition) is 3. The highest BCUT2D eigenvalue weighted by Gasteiger charge is 2.29. The van der Waals surface area contributed by atoms with Gasteiger partial charge in [-0.3, -0.25) is 9.59 Å². The Labute approximate surface area is 135 Å². The molecule has 4 N–H and O–H groups in total. The molecule has 0 spiro atoms. The van der Waals surface area contributed by atoms with Crippen LogP contribution in [0.1, 0.15) is 19.8 Å². The van der Waals surface area contributed by atoms with Crippen molar-refractivity contribution in [2.24, 2.45) is 11.1 Å². The van der Waals surface area contributed by atoms with E-state index in [1.807, 2.05) is 0 Å². The molecular formula is C14H20N4O4S. The van der Waals surface area contributed by atoms with E-state index in [-0.39, 0.29) is 30.8 Å². The van der Waals surface area contributed by atoms with Crippen molar-refractivity contribution < 1.29 is 18.0 Å². The number of anilines is 2. The molecule has 0 unspecified atom stereocenters. The number of benzene rings is 1. The summed E-state index contributed by atoms with van der Waals surface area (Å²) < 4.78 is 23.7. The number of piperidine rings is 1. The van der Waals surface area contributed by atoms with E-state index in [1.54, 1.807) is 24.3 Å². The van der Waals surface area contributed by atoms with Gasteiger partial charge in [0.05, 0.1) is 0 Å². The Morgan fingerprint density at radius 2 is 1.74 bits per heavy atom. The Kier molecular flexibility index (Phi) is 5.34. The van der Waals surface area contributed by atoms with Gasteiger partial charge in [-0.1, -0.05) is 6.07 Å². The van der Waals surface area contributed by atoms with E-state index in [4.69, 9.17) is 5.14 Å². The van der Waals surface area contributed by atoms with Crippen molar-refractivity contribution in [1.82, 2.24) is 4.31 Å². The van der Waals surface area contributed by atoms with Crippen molar-refractivity contribution in [3.05, 3.63) is 24.3 Å². The van der Waals surface area contributed by atoms with Gasteiger partial charge in [-0.2, -0.15) is 12.7 Å². The molecule has 2 amide bonds. The lowest BCUT2D eigenvalue weighted by Crippen LogP contribution is -2.44. The molecule has 126 valence electrons. The fraction of sp³-hybridized carbons (Fsp3) is 0.429. The number of nitrogens with one attached hydrogen (secondary N) is 2. The van der Waals surface area contributed by atoms with E-state index in [2.05, 4.69) is 10.6 Å². The van der Waals surface area contributed by atoms with E-state index in [1.165, 1.54) is 11.2 Å². The summed E-state index contributed by atoms with van der Waals surface area (Å²) in [5, 5.41) is 10.5. The van der Waals surface area contributed by atoms with Crippen LogP contribution in [0.3, 0.4) is 0 Å². The summed E-state index contributed by atoms with van der Waals surface area (Å²) in [6.07, 6.45) is 0.849. The number of amides is 2. The van der Waals surface area contributed by atoms with Gasteiger partial charge in [0.2, 0.25) is 11.8 Å². The highest BCUT2D eigenvalue weighted by Crippen LogP contribution is 2.21. The van der Waals surface area contributed by atoms with E-state index in [0.717, 1.165) is 0 Å². The van der Waals surface area contributed by atoms with Crippen molar-refractivity contribution >= 4 is 33.4 Å². The van der Waals surface area contributed by atoms with Crippen molar-refractivity contribution in [3.63, 3.8) is 0 Å². The Balaban J connectivity index is 1.94. The third-order valence-corrected chi connectivity index (χ3v) is 4.72. The van der Waals surface area contributed by atoms with Crippen molar-refractivity contribution in [2.45, 2.75) is 19.8 Å². The number of carbonyl (C=O) groups is 2. The third-order valence-electron chi connectivity index (χ3n) is 3.64. The topological polar surface area (TPSA) is 122 Å². The zero-order valence-corrected chi connectivity index (χ0v) is 13.6. The first-order valence-corrected chi connectivity index (χ1v) is 8.72. The Morgan fingerprint density at radius 1 is 1.17 bits per heavy atom. The smallest absolute Gasteiger partial charge is 0.276 e. The van der Waals surface area contributed by atoms with Gasteiger partial charge < -0.3 is 10.6 Å². The molecule has 0 aromatic heterocycles. The fourth-order valence-electron chi connectivity index (χ4n) is 2.49. The minimum Gasteiger partial charge on any atom is -0.326 e. The second-order valence-electron chi connectivity index (χ2n) is 5.47. The molecule has 9 heteroatoms. The molecule has 1 aliphatic heterocycles. The van der Waals surface area contributed by atoms with Gasteiger partial charge in [-0.05, 0) is 31.0 Å². The van der Waals surface area contributed by atoms with Gasteiger partial charge in [-0.25, -0.2) is 5.14 Å². The quantitative estimate of drug-likeness (QED) is 0.738. The van der Waals surface area contributed by atoms with Crippen LogP contribution in [0.4, 0.5) is 11.4 Å². The largest absolute Gasteiger partial charge is 0.326 e. The molecule has 0 saturated carbocycles. The van der Waals surface area contributed by atoms with Gasteiger partial charge in [0.25, 0.3) is 10.2 Å². The van der Waals surface area contributed by atoms with Crippen LogP contribution in [0.25, 0.3) is 0 Å². The standard InChI is InChI=1S/C14H20N4O4S/c1-10(19)16-12-3-2-4-13(9-12)17-14(20)11-5-7-18(8-6-11)23(15,21)22/h2-4,9,11H,5-8H2,1H3,(H,16,19)(H,17,20)(H2,15,21,22). The zero-order valence-electron chi connectivity index (χ0n) is 12.8. The Hall–Kier alpha value is -1.97. The van der Waals surface area contributed by atoms with Crippen LogP contribution in [-0.2, 0) is 19.8 Å². The van der Waals surface area contributed by atoms with E-state index in [0.29, 0.717) is 24.2 Å². The maximum Gasteiger partial charge on any atom is 0.276 e.